The lowest BCUT2D eigenvalue weighted by molar-refractivity contribution is 0.382. The van der Waals surface area contributed by atoms with Crippen LogP contribution in [0.4, 0.5) is 5.82 Å². The lowest BCUT2D eigenvalue weighted by Gasteiger charge is -2.18. The van der Waals surface area contributed by atoms with Crippen molar-refractivity contribution < 1.29 is 14.6 Å². The molecule has 0 saturated carbocycles. The van der Waals surface area contributed by atoms with E-state index in [-0.39, 0.29) is 18.1 Å². The zero-order valence-electron chi connectivity index (χ0n) is 14.3. The fourth-order valence-corrected chi connectivity index (χ4v) is 2.92. The molecular weight excluding hydrogens is 334 g/mol. The van der Waals surface area contributed by atoms with Crippen molar-refractivity contribution in [3.63, 3.8) is 0 Å². The first-order valence-electron chi connectivity index (χ1n) is 7.94. The molecule has 3 heterocycles. The summed E-state index contributed by atoms with van der Waals surface area (Å²) in [6, 6.07) is 10.9. The van der Waals surface area contributed by atoms with Crippen molar-refractivity contribution in [2.45, 2.75) is 0 Å². The average molecular weight is 351 g/mol. The number of methoxy groups -OCH3 is 2. The smallest absolute Gasteiger partial charge is 0.218 e. The Bertz CT molecular complexity index is 985. The molecular formula is C18H17N5O3. The predicted octanol–water partition coefficient (Wildman–Crippen LogP) is 2.74. The summed E-state index contributed by atoms with van der Waals surface area (Å²) in [5.41, 5.74) is 1.97. The summed E-state index contributed by atoms with van der Waals surface area (Å²) in [6.45, 7) is 0.120. The van der Waals surface area contributed by atoms with E-state index in [1.54, 1.807) is 24.1 Å². The Balaban J connectivity index is 1.72. The lowest BCUT2D eigenvalue weighted by Crippen LogP contribution is -2.27. The number of amidine groups is 1. The molecule has 26 heavy (non-hydrogen) atoms. The first-order chi connectivity index (χ1) is 12.6. The zero-order chi connectivity index (χ0) is 18.3. The van der Waals surface area contributed by atoms with Crippen LogP contribution in [0.5, 0.6) is 11.6 Å². The van der Waals surface area contributed by atoms with Crippen molar-refractivity contribution in [1.29, 1.82) is 5.41 Å². The number of imidazole rings is 1. The van der Waals surface area contributed by atoms with Crippen LogP contribution in [0, 0.1) is 5.41 Å². The van der Waals surface area contributed by atoms with Crippen LogP contribution >= 0.6 is 0 Å². The monoisotopic (exact) mass is 351 g/mol. The van der Waals surface area contributed by atoms with Gasteiger partial charge in [-0.05, 0) is 12.1 Å². The third kappa shape index (κ3) is 2.52. The molecule has 3 N–H and O–H groups in total. The molecule has 0 bridgehead atoms. The van der Waals surface area contributed by atoms with E-state index in [2.05, 4.69) is 15.0 Å². The van der Waals surface area contributed by atoms with Crippen LogP contribution in [0.25, 0.3) is 16.6 Å². The molecule has 0 saturated heterocycles. The number of hydrogen-bond donors (Lipinski definition) is 3. The summed E-state index contributed by atoms with van der Waals surface area (Å²) in [5.74, 6) is 1.97. The number of aliphatic hydroxyl groups excluding tert-OH is 1. The van der Waals surface area contributed by atoms with Crippen LogP contribution < -0.4 is 14.4 Å². The van der Waals surface area contributed by atoms with Crippen LogP contribution in [0.15, 0.2) is 42.2 Å². The number of rotatable bonds is 4. The molecule has 0 radical (unpaired) electrons. The maximum atomic E-state index is 10.5. The number of aliphatic hydroxyl groups is 1. The van der Waals surface area contributed by atoms with Gasteiger partial charge in [-0.15, -0.1) is 0 Å². The van der Waals surface area contributed by atoms with E-state index in [1.807, 2.05) is 24.3 Å². The van der Waals surface area contributed by atoms with Gasteiger partial charge in [0.15, 0.2) is 0 Å². The summed E-state index contributed by atoms with van der Waals surface area (Å²) >= 11 is 0. The minimum absolute atomic E-state index is 0.0534. The first-order valence-corrected chi connectivity index (χ1v) is 7.94. The molecule has 0 atom stereocenters. The fourth-order valence-electron chi connectivity index (χ4n) is 2.92. The lowest BCUT2D eigenvalue weighted by atomic mass is 10.2. The number of aromatic nitrogens is 3. The number of pyridine rings is 1. The van der Waals surface area contributed by atoms with E-state index in [0.717, 1.165) is 11.0 Å². The minimum atomic E-state index is 0.0534. The summed E-state index contributed by atoms with van der Waals surface area (Å²) < 4.78 is 10.4. The van der Waals surface area contributed by atoms with Crippen molar-refractivity contribution in [2.24, 2.45) is 0 Å². The Hall–Kier alpha value is -3.55. The molecule has 132 valence electrons. The van der Waals surface area contributed by atoms with Gasteiger partial charge in [-0.3, -0.25) is 5.41 Å². The van der Waals surface area contributed by atoms with Gasteiger partial charge < -0.3 is 24.5 Å². The molecule has 0 amide bonds. The molecule has 0 fully saturated rings. The van der Waals surface area contributed by atoms with Crippen molar-refractivity contribution in [2.75, 3.05) is 25.7 Å². The minimum Gasteiger partial charge on any atom is -0.509 e. The molecule has 8 heteroatoms. The van der Waals surface area contributed by atoms with Gasteiger partial charge in [-0.1, -0.05) is 12.1 Å². The standard InChI is InChI=1S/C18H17N5O3/c1-25-10-7-14(22-15(8-10)26-2)23-9-13(24)16(17(23)19)18-20-11-5-3-4-6-12(11)21-18/h3-8,19,24H,9H2,1-2H3,(H,20,21). The Labute approximate surface area is 149 Å². The highest BCUT2D eigenvalue weighted by Crippen LogP contribution is 2.32. The number of benzene rings is 1. The van der Waals surface area contributed by atoms with Crippen LogP contribution in [-0.2, 0) is 0 Å². The van der Waals surface area contributed by atoms with E-state index in [1.165, 1.54) is 7.11 Å². The quantitative estimate of drug-likeness (QED) is 0.667. The van der Waals surface area contributed by atoms with Gasteiger partial charge in [-0.2, -0.15) is 4.98 Å². The summed E-state index contributed by atoms with van der Waals surface area (Å²) in [4.78, 5) is 13.6. The highest BCUT2D eigenvalue weighted by molar-refractivity contribution is 6.30. The van der Waals surface area contributed by atoms with Crippen molar-refractivity contribution in [3.05, 3.63) is 48.0 Å². The zero-order valence-corrected chi connectivity index (χ0v) is 14.3. The molecule has 0 spiro atoms. The van der Waals surface area contributed by atoms with Gasteiger partial charge in [0.2, 0.25) is 5.88 Å². The topological polar surface area (TPSA) is 107 Å². The fraction of sp³-hybridized carbons (Fsp3) is 0.167. The number of nitrogens with zero attached hydrogens (tertiary/aromatic N) is 3. The second kappa shape index (κ2) is 6.07. The summed E-state index contributed by atoms with van der Waals surface area (Å²) in [6.07, 6.45) is 0. The van der Waals surface area contributed by atoms with Crippen LogP contribution in [0.2, 0.25) is 0 Å². The van der Waals surface area contributed by atoms with Gasteiger partial charge in [0.05, 0.1) is 37.4 Å². The Morgan fingerprint density at radius 1 is 1.15 bits per heavy atom. The molecule has 1 aliphatic rings. The maximum absolute atomic E-state index is 10.5. The number of H-pyrrole nitrogens is 1. The number of anilines is 1. The van der Waals surface area contributed by atoms with Gasteiger partial charge in [0.25, 0.3) is 0 Å². The third-order valence-corrected chi connectivity index (χ3v) is 4.21. The van der Waals surface area contributed by atoms with Gasteiger partial charge in [0.1, 0.15) is 29.0 Å². The largest absolute Gasteiger partial charge is 0.509 e. The number of aromatic amines is 1. The van der Waals surface area contributed by atoms with Gasteiger partial charge >= 0.3 is 0 Å². The number of para-hydroxylation sites is 2. The van der Waals surface area contributed by atoms with Crippen molar-refractivity contribution in [1.82, 2.24) is 15.0 Å². The van der Waals surface area contributed by atoms with E-state index in [4.69, 9.17) is 14.9 Å². The molecule has 1 aliphatic heterocycles. The van der Waals surface area contributed by atoms with E-state index in [0.29, 0.717) is 28.8 Å². The molecule has 0 aliphatic carbocycles. The van der Waals surface area contributed by atoms with Crippen LogP contribution in [0.1, 0.15) is 5.82 Å². The molecule has 1 aromatic carbocycles. The number of nitrogens with one attached hydrogen (secondary N) is 2. The normalized spacial score (nSPS) is 14.4. The van der Waals surface area contributed by atoms with Crippen LogP contribution in [-0.4, -0.2) is 46.7 Å². The van der Waals surface area contributed by atoms with Crippen molar-refractivity contribution in [3.8, 4) is 11.6 Å². The molecule has 8 nitrogen and oxygen atoms in total. The molecule has 2 aromatic heterocycles. The average Bonchev–Trinajstić information content (AvgIpc) is 3.21. The number of ether oxygens (including phenoxy) is 2. The number of hydrogen-bond acceptors (Lipinski definition) is 6. The first kappa shape index (κ1) is 15.9. The maximum Gasteiger partial charge on any atom is 0.218 e. The third-order valence-electron chi connectivity index (χ3n) is 4.21. The Morgan fingerprint density at radius 2 is 1.96 bits per heavy atom. The summed E-state index contributed by atoms with van der Waals surface area (Å²) in [7, 11) is 3.06. The SMILES string of the molecule is COc1cc(OC)nc(N2CC(O)=C(c3nc4ccccc4[nH]3)C2=N)c1. The Kier molecular flexibility index (Phi) is 3.72. The molecule has 3 aromatic rings. The van der Waals surface area contributed by atoms with E-state index >= 15 is 0 Å². The molecule has 0 unspecified atom stereocenters. The molecule has 4 rings (SSSR count). The van der Waals surface area contributed by atoms with E-state index < -0.39 is 0 Å². The second-order valence-corrected chi connectivity index (χ2v) is 5.77. The predicted molar refractivity (Wildman–Crippen MR) is 98.1 cm³/mol. The van der Waals surface area contributed by atoms with Gasteiger partial charge in [0, 0.05) is 12.1 Å². The summed E-state index contributed by atoms with van der Waals surface area (Å²) in [5, 5.41) is 19.0. The highest BCUT2D eigenvalue weighted by atomic mass is 16.5. The number of fused-ring (bicyclic) bond motifs is 1. The second-order valence-electron chi connectivity index (χ2n) is 5.77. The van der Waals surface area contributed by atoms with Crippen molar-refractivity contribution >= 4 is 28.3 Å². The van der Waals surface area contributed by atoms with Gasteiger partial charge in [-0.25, -0.2) is 4.98 Å². The highest BCUT2D eigenvalue weighted by Gasteiger charge is 2.32. The Morgan fingerprint density at radius 3 is 2.69 bits per heavy atom. The van der Waals surface area contributed by atoms with E-state index in [9.17, 15) is 5.11 Å². The van der Waals surface area contributed by atoms with Crippen LogP contribution in [0.3, 0.4) is 0 Å².